The summed E-state index contributed by atoms with van der Waals surface area (Å²) in [6.07, 6.45) is 1.65. The summed E-state index contributed by atoms with van der Waals surface area (Å²) in [5.41, 5.74) is 1.78. The number of fused-ring (bicyclic) bond motifs is 1. The third-order valence-electron chi connectivity index (χ3n) is 6.05. The summed E-state index contributed by atoms with van der Waals surface area (Å²) in [7, 11) is 1.55. The number of thiazole rings is 1. The van der Waals surface area contributed by atoms with E-state index in [4.69, 9.17) is 37.1 Å². The van der Waals surface area contributed by atoms with Crippen molar-refractivity contribution in [2.75, 3.05) is 13.7 Å². The highest BCUT2D eigenvalue weighted by Gasteiger charge is 2.35. The van der Waals surface area contributed by atoms with Gasteiger partial charge in [-0.2, -0.15) is 0 Å². The second-order valence-corrected chi connectivity index (χ2v) is 10.2. The molecule has 2 aromatic carbocycles. The quantitative estimate of drug-likeness (QED) is 0.292. The largest absolute Gasteiger partial charge is 0.496 e. The number of nitrogens with zero attached hydrogens (tertiary/aromatic N) is 2. The summed E-state index contributed by atoms with van der Waals surface area (Å²) in [5.74, 6) is 1.01. The lowest BCUT2D eigenvalue weighted by molar-refractivity contribution is -0.139. The highest BCUT2D eigenvalue weighted by Crippen LogP contribution is 2.36. The fraction of sp³-hybridized carbons (Fsp3) is 0.179. The van der Waals surface area contributed by atoms with Crippen molar-refractivity contribution in [3.63, 3.8) is 0 Å². The van der Waals surface area contributed by atoms with E-state index in [1.807, 2.05) is 18.2 Å². The number of aromatic nitrogens is 1. The van der Waals surface area contributed by atoms with Gasteiger partial charge in [-0.05, 0) is 50.2 Å². The number of carbonyl (C=O) groups excluding carboxylic acids is 1. The average Bonchev–Trinajstić information content (AvgIpc) is 3.47. The number of rotatable bonds is 6. The number of hydrogen-bond donors (Lipinski definition) is 0. The third kappa shape index (κ3) is 4.71. The van der Waals surface area contributed by atoms with Crippen molar-refractivity contribution < 1.29 is 18.7 Å². The van der Waals surface area contributed by atoms with Gasteiger partial charge < -0.3 is 13.9 Å². The minimum absolute atomic E-state index is 0.192. The van der Waals surface area contributed by atoms with E-state index in [1.165, 1.54) is 15.9 Å². The maximum absolute atomic E-state index is 13.8. The van der Waals surface area contributed by atoms with E-state index in [9.17, 15) is 9.59 Å². The first-order valence-electron chi connectivity index (χ1n) is 11.7. The molecule has 0 aliphatic carbocycles. The average molecular weight is 569 g/mol. The molecule has 0 radical (unpaired) electrons. The van der Waals surface area contributed by atoms with E-state index in [1.54, 1.807) is 63.4 Å². The number of halogens is 2. The van der Waals surface area contributed by atoms with Crippen LogP contribution in [0.4, 0.5) is 0 Å². The molecule has 0 spiro atoms. The number of benzene rings is 2. The number of esters is 1. The number of allylic oxidation sites excluding steroid dienone is 1. The topological polar surface area (TPSA) is 83.0 Å². The minimum Gasteiger partial charge on any atom is -0.496 e. The molecule has 0 saturated heterocycles. The number of carbonyl (C=O) groups is 1. The predicted octanol–water partition coefficient (Wildman–Crippen LogP) is 5.37. The van der Waals surface area contributed by atoms with Crippen LogP contribution in [0.3, 0.4) is 0 Å². The van der Waals surface area contributed by atoms with Crippen LogP contribution in [-0.2, 0) is 9.53 Å². The van der Waals surface area contributed by atoms with Crippen molar-refractivity contribution in [1.29, 1.82) is 0 Å². The molecule has 0 fully saturated rings. The van der Waals surface area contributed by atoms with Crippen LogP contribution in [-0.4, -0.2) is 24.3 Å². The fourth-order valence-corrected chi connectivity index (χ4v) is 5.90. The Morgan fingerprint density at radius 1 is 1.18 bits per heavy atom. The van der Waals surface area contributed by atoms with E-state index < -0.39 is 12.0 Å². The molecule has 0 amide bonds. The van der Waals surface area contributed by atoms with Gasteiger partial charge in [0, 0.05) is 22.2 Å². The van der Waals surface area contributed by atoms with Crippen LogP contribution in [0.15, 0.2) is 80.1 Å². The summed E-state index contributed by atoms with van der Waals surface area (Å²) in [4.78, 5) is 31.9. The van der Waals surface area contributed by atoms with Gasteiger partial charge in [0.2, 0.25) is 0 Å². The maximum Gasteiger partial charge on any atom is 0.338 e. The lowest BCUT2D eigenvalue weighted by Crippen LogP contribution is -2.40. The van der Waals surface area contributed by atoms with E-state index in [2.05, 4.69) is 4.99 Å². The number of methoxy groups -OCH3 is 1. The summed E-state index contributed by atoms with van der Waals surface area (Å²) >= 11 is 13.5. The van der Waals surface area contributed by atoms with Crippen molar-refractivity contribution in [3.05, 3.63) is 107 Å². The zero-order chi connectivity index (χ0) is 27.0. The Kier molecular flexibility index (Phi) is 7.29. The molecule has 3 heterocycles. The van der Waals surface area contributed by atoms with Crippen molar-refractivity contribution in [2.24, 2.45) is 4.99 Å². The van der Waals surface area contributed by atoms with Crippen molar-refractivity contribution in [3.8, 4) is 17.1 Å². The molecule has 38 heavy (non-hydrogen) atoms. The lowest BCUT2D eigenvalue weighted by atomic mass is 9.95. The van der Waals surface area contributed by atoms with E-state index >= 15 is 0 Å². The van der Waals surface area contributed by atoms with Gasteiger partial charge in [0.15, 0.2) is 4.80 Å². The second kappa shape index (κ2) is 10.6. The van der Waals surface area contributed by atoms with Crippen LogP contribution < -0.4 is 19.6 Å². The third-order valence-corrected chi connectivity index (χ3v) is 7.58. The Morgan fingerprint density at radius 3 is 2.71 bits per heavy atom. The smallest absolute Gasteiger partial charge is 0.338 e. The highest BCUT2D eigenvalue weighted by molar-refractivity contribution is 7.07. The number of hydrogen-bond acceptors (Lipinski definition) is 7. The van der Waals surface area contributed by atoms with Crippen molar-refractivity contribution >= 4 is 46.6 Å². The summed E-state index contributed by atoms with van der Waals surface area (Å²) in [6, 6.07) is 15.2. The second-order valence-electron chi connectivity index (χ2n) is 8.37. The van der Waals surface area contributed by atoms with Gasteiger partial charge in [-0.1, -0.05) is 52.7 Å². The molecule has 2 aromatic heterocycles. The zero-order valence-electron chi connectivity index (χ0n) is 20.7. The van der Waals surface area contributed by atoms with E-state index in [-0.39, 0.29) is 17.7 Å². The fourth-order valence-electron chi connectivity index (χ4n) is 4.37. The Bertz CT molecular complexity index is 1770. The first-order chi connectivity index (χ1) is 18.3. The molecule has 1 aliphatic heterocycles. The Hall–Kier alpha value is -3.59. The SMILES string of the molecule is CCOC(=O)C1=C(C)N=c2s/c(=C\c3ccc(-c4ccc(Cl)cc4Cl)o3)c(=O)n2[C@@H]1c1ccccc1OC. The van der Waals surface area contributed by atoms with Gasteiger partial charge in [-0.15, -0.1) is 0 Å². The van der Waals surface area contributed by atoms with Crippen LogP contribution in [0.25, 0.3) is 17.4 Å². The first-order valence-corrected chi connectivity index (χ1v) is 13.3. The Balaban J connectivity index is 1.66. The lowest BCUT2D eigenvalue weighted by Gasteiger charge is -2.25. The van der Waals surface area contributed by atoms with Gasteiger partial charge in [0.05, 0.1) is 34.5 Å². The van der Waals surface area contributed by atoms with Gasteiger partial charge in [-0.25, -0.2) is 9.79 Å². The normalized spacial score (nSPS) is 15.3. The molecule has 0 N–H and O–H groups in total. The molecule has 5 rings (SSSR count). The molecule has 1 aliphatic rings. The molecular weight excluding hydrogens is 547 g/mol. The first kappa shape index (κ1) is 26.0. The molecule has 1 atom stereocenters. The van der Waals surface area contributed by atoms with Gasteiger partial charge in [0.1, 0.15) is 23.3 Å². The number of furan rings is 1. The van der Waals surface area contributed by atoms with Crippen LogP contribution in [0, 0.1) is 0 Å². The van der Waals surface area contributed by atoms with Gasteiger partial charge in [-0.3, -0.25) is 9.36 Å². The molecular formula is C28H22Cl2N2O5S. The summed E-state index contributed by atoms with van der Waals surface area (Å²) < 4.78 is 18.8. The molecule has 0 saturated carbocycles. The van der Waals surface area contributed by atoms with Gasteiger partial charge >= 0.3 is 5.97 Å². The standard InChI is InChI=1S/C28H22Cl2N2O5S/c1-4-36-27(34)24-15(2)31-28-32(25(24)19-7-5-6-8-21(19)35-3)26(33)23(38-28)14-17-10-12-22(37-17)18-11-9-16(29)13-20(18)30/h5-14,25H,4H2,1-3H3/b23-14-/t25-/m1/s1. The maximum atomic E-state index is 13.8. The van der Waals surface area contributed by atoms with Crippen molar-refractivity contribution in [2.45, 2.75) is 19.9 Å². The highest BCUT2D eigenvalue weighted by atomic mass is 35.5. The van der Waals surface area contributed by atoms with Gasteiger partial charge in [0.25, 0.3) is 5.56 Å². The van der Waals surface area contributed by atoms with Crippen LogP contribution >= 0.6 is 34.5 Å². The van der Waals surface area contributed by atoms with Crippen LogP contribution in [0.5, 0.6) is 5.75 Å². The van der Waals surface area contributed by atoms with Crippen molar-refractivity contribution in [1.82, 2.24) is 4.57 Å². The summed E-state index contributed by atoms with van der Waals surface area (Å²) in [5, 5.41) is 0.977. The Labute approximate surface area is 231 Å². The van der Waals surface area contributed by atoms with Crippen LogP contribution in [0.1, 0.15) is 31.2 Å². The number of para-hydroxylation sites is 1. The molecule has 10 heteroatoms. The monoisotopic (exact) mass is 568 g/mol. The molecule has 0 unspecified atom stereocenters. The van der Waals surface area contributed by atoms with E-state index in [0.29, 0.717) is 53.5 Å². The molecule has 194 valence electrons. The molecule has 7 nitrogen and oxygen atoms in total. The molecule has 0 bridgehead atoms. The molecule has 4 aromatic rings. The minimum atomic E-state index is -0.774. The van der Waals surface area contributed by atoms with Crippen LogP contribution in [0.2, 0.25) is 10.0 Å². The zero-order valence-corrected chi connectivity index (χ0v) is 23.0. The number of ether oxygens (including phenoxy) is 2. The Morgan fingerprint density at radius 2 is 1.97 bits per heavy atom. The summed E-state index contributed by atoms with van der Waals surface area (Å²) in [6.45, 7) is 3.66. The predicted molar refractivity (Wildman–Crippen MR) is 148 cm³/mol. The van der Waals surface area contributed by atoms with E-state index in [0.717, 1.165) is 0 Å².